The van der Waals surface area contributed by atoms with E-state index >= 15 is 0 Å². The van der Waals surface area contributed by atoms with Crippen LogP contribution in [-0.2, 0) is 4.79 Å². The summed E-state index contributed by atoms with van der Waals surface area (Å²) in [5.41, 5.74) is 0.518. The third-order valence-electron chi connectivity index (χ3n) is 2.97. The molecule has 1 aromatic heterocycles. The van der Waals surface area contributed by atoms with Crippen molar-refractivity contribution in [2.24, 2.45) is 0 Å². The van der Waals surface area contributed by atoms with E-state index in [1.807, 2.05) is 4.90 Å². The third-order valence-corrected chi connectivity index (χ3v) is 4.48. The van der Waals surface area contributed by atoms with Crippen LogP contribution >= 0.6 is 27.3 Å². The number of rotatable bonds is 3. The van der Waals surface area contributed by atoms with Gasteiger partial charge in [-0.3, -0.25) is 9.59 Å². The first kappa shape index (κ1) is 12.7. The highest BCUT2D eigenvalue weighted by molar-refractivity contribution is 9.09. The lowest BCUT2D eigenvalue weighted by Gasteiger charge is -2.30. The van der Waals surface area contributed by atoms with Crippen molar-refractivity contribution in [3.63, 3.8) is 0 Å². The molecule has 0 atom stereocenters. The van der Waals surface area contributed by atoms with E-state index < -0.39 is 0 Å². The number of piperidine rings is 1. The molecule has 17 heavy (non-hydrogen) atoms. The van der Waals surface area contributed by atoms with Crippen molar-refractivity contribution >= 4 is 39.5 Å². The average molecular weight is 317 g/mol. The van der Waals surface area contributed by atoms with Crippen molar-refractivity contribution in [2.45, 2.75) is 18.8 Å². The van der Waals surface area contributed by atoms with Gasteiger partial charge in [0.05, 0.1) is 10.3 Å². The molecule has 4 nitrogen and oxygen atoms in total. The Morgan fingerprint density at radius 1 is 1.59 bits per heavy atom. The fraction of sp³-hybridized carbons (Fsp3) is 0.545. The van der Waals surface area contributed by atoms with Gasteiger partial charge < -0.3 is 4.90 Å². The average Bonchev–Trinajstić information content (AvgIpc) is 2.87. The summed E-state index contributed by atoms with van der Waals surface area (Å²) >= 11 is 4.72. The summed E-state index contributed by atoms with van der Waals surface area (Å²) in [4.78, 5) is 28.2. The molecular formula is C11H13BrN2O2S. The van der Waals surface area contributed by atoms with E-state index in [0.29, 0.717) is 16.9 Å². The van der Waals surface area contributed by atoms with Crippen molar-refractivity contribution in [2.75, 3.05) is 18.4 Å². The quantitative estimate of drug-likeness (QED) is 0.633. The molecule has 1 saturated heterocycles. The van der Waals surface area contributed by atoms with Crippen LogP contribution in [0.1, 0.15) is 34.3 Å². The molecule has 1 aliphatic heterocycles. The molecule has 1 aliphatic rings. The number of thiazole rings is 1. The number of aldehydes is 1. The number of amides is 1. The van der Waals surface area contributed by atoms with Gasteiger partial charge in [-0.05, 0) is 12.8 Å². The van der Waals surface area contributed by atoms with Crippen molar-refractivity contribution in [1.29, 1.82) is 0 Å². The summed E-state index contributed by atoms with van der Waals surface area (Å²) in [6, 6.07) is 0. The minimum atomic E-state index is 0.149. The van der Waals surface area contributed by atoms with Gasteiger partial charge in [-0.25, -0.2) is 4.98 Å². The largest absolute Gasteiger partial charge is 0.342 e. The highest BCUT2D eigenvalue weighted by Gasteiger charge is 2.24. The van der Waals surface area contributed by atoms with Gasteiger partial charge in [0.15, 0.2) is 6.29 Å². The van der Waals surface area contributed by atoms with Gasteiger partial charge in [0.25, 0.3) is 0 Å². The van der Waals surface area contributed by atoms with Crippen LogP contribution in [0.25, 0.3) is 0 Å². The van der Waals surface area contributed by atoms with Gasteiger partial charge in [-0.1, -0.05) is 15.9 Å². The summed E-state index contributed by atoms with van der Waals surface area (Å²) in [6.45, 7) is 1.57. The van der Waals surface area contributed by atoms with E-state index in [-0.39, 0.29) is 5.91 Å². The first-order valence-corrected chi connectivity index (χ1v) is 7.49. The van der Waals surface area contributed by atoms with Crippen molar-refractivity contribution in [1.82, 2.24) is 9.88 Å². The lowest BCUT2D eigenvalue weighted by molar-refractivity contribution is -0.129. The Morgan fingerprint density at radius 3 is 2.82 bits per heavy atom. The van der Waals surface area contributed by atoms with Gasteiger partial charge in [-0.15, -0.1) is 11.3 Å². The maximum absolute atomic E-state index is 11.5. The molecule has 92 valence electrons. The van der Waals surface area contributed by atoms with Crippen LogP contribution in [0.4, 0.5) is 0 Å². The smallest absolute Gasteiger partial charge is 0.233 e. The molecule has 1 fully saturated rings. The molecule has 2 rings (SSSR count). The van der Waals surface area contributed by atoms with Gasteiger partial charge in [0.2, 0.25) is 5.91 Å². The highest BCUT2D eigenvalue weighted by atomic mass is 79.9. The topological polar surface area (TPSA) is 50.3 Å². The number of likely N-dealkylation sites (tertiary alicyclic amines) is 1. The Morgan fingerprint density at radius 2 is 2.29 bits per heavy atom. The van der Waals surface area contributed by atoms with E-state index in [1.165, 1.54) is 0 Å². The Hall–Kier alpha value is -0.750. The van der Waals surface area contributed by atoms with Gasteiger partial charge >= 0.3 is 0 Å². The Balaban J connectivity index is 1.94. The number of hydrogen-bond donors (Lipinski definition) is 0. The molecule has 0 bridgehead atoms. The predicted octanol–water partition coefficient (Wildman–Crippen LogP) is 2.06. The summed E-state index contributed by atoms with van der Waals surface area (Å²) in [7, 11) is 0. The molecular weight excluding hydrogens is 304 g/mol. The van der Waals surface area contributed by atoms with E-state index in [4.69, 9.17) is 0 Å². The minimum absolute atomic E-state index is 0.149. The second-order valence-corrected chi connectivity index (χ2v) is 5.47. The number of aromatic nitrogens is 1. The fourth-order valence-electron chi connectivity index (χ4n) is 2.00. The van der Waals surface area contributed by atoms with Crippen LogP contribution in [0, 0.1) is 0 Å². The summed E-state index contributed by atoms with van der Waals surface area (Å²) in [5.74, 6) is 0.546. The molecule has 0 radical (unpaired) electrons. The molecule has 6 heteroatoms. The minimum Gasteiger partial charge on any atom is -0.342 e. The van der Waals surface area contributed by atoms with Gasteiger partial charge in [-0.2, -0.15) is 0 Å². The van der Waals surface area contributed by atoms with Crippen molar-refractivity contribution in [3.05, 3.63) is 16.1 Å². The molecule has 0 unspecified atom stereocenters. The predicted molar refractivity (Wildman–Crippen MR) is 69.9 cm³/mol. The first-order valence-electron chi connectivity index (χ1n) is 5.49. The SMILES string of the molecule is O=Cc1csc(C2CCN(C(=O)CBr)CC2)n1. The van der Waals surface area contributed by atoms with Crippen LogP contribution in [0.3, 0.4) is 0 Å². The van der Waals surface area contributed by atoms with E-state index in [9.17, 15) is 9.59 Å². The highest BCUT2D eigenvalue weighted by Crippen LogP contribution is 2.30. The Bertz CT molecular complexity index is 413. The number of nitrogens with zero attached hydrogens (tertiary/aromatic N) is 2. The summed E-state index contributed by atoms with van der Waals surface area (Å²) < 4.78 is 0. The van der Waals surface area contributed by atoms with Crippen molar-refractivity contribution < 1.29 is 9.59 Å². The molecule has 1 amide bonds. The monoisotopic (exact) mass is 316 g/mol. The lowest BCUT2D eigenvalue weighted by Crippen LogP contribution is -2.38. The van der Waals surface area contributed by atoms with Crippen LogP contribution in [0.5, 0.6) is 0 Å². The summed E-state index contributed by atoms with van der Waals surface area (Å²) in [6.07, 6.45) is 2.65. The zero-order chi connectivity index (χ0) is 12.3. The number of alkyl halides is 1. The van der Waals surface area contributed by atoms with E-state index in [1.54, 1.807) is 16.7 Å². The standard InChI is InChI=1S/C11H13BrN2O2S/c12-5-10(16)14-3-1-8(2-4-14)11-13-9(6-15)7-17-11/h6-8H,1-5H2. The second kappa shape index (κ2) is 5.73. The number of carbonyl (C=O) groups excluding carboxylic acids is 2. The molecule has 0 saturated carbocycles. The Labute approximate surface area is 112 Å². The Kier molecular flexibility index (Phi) is 4.28. The van der Waals surface area contributed by atoms with E-state index in [0.717, 1.165) is 37.2 Å². The number of hydrogen-bond acceptors (Lipinski definition) is 4. The maximum atomic E-state index is 11.5. The van der Waals surface area contributed by atoms with Crippen LogP contribution in [0.15, 0.2) is 5.38 Å². The normalized spacial score (nSPS) is 17.1. The molecule has 0 aromatic carbocycles. The third kappa shape index (κ3) is 2.93. The lowest BCUT2D eigenvalue weighted by atomic mass is 9.97. The van der Waals surface area contributed by atoms with E-state index in [2.05, 4.69) is 20.9 Å². The molecule has 1 aromatic rings. The number of carbonyl (C=O) groups is 2. The van der Waals surface area contributed by atoms with Gasteiger partial charge in [0.1, 0.15) is 5.69 Å². The molecule has 0 spiro atoms. The zero-order valence-corrected chi connectivity index (χ0v) is 11.7. The maximum Gasteiger partial charge on any atom is 0.233 e. The molecule has 0 N–H and O–H groups in total. The van der Waals surface area contributed by atoms with Crippen LogP contribution in [-0.4, -0.2) is 40.5 Å². The zero-order valence-electron chi connectivity index (χ0n) is 9.26. The molecule has 0 aliphatic carbocycles. The molecule has 2 heterocycles. The number of halogens is 1. The summed E-state index contributed by atoms with van der Waals surface area (Å²) in [5, 5.41) is 3.21. The van der Waals surface area contributed by atoms with Gasteiger partial charge in [0, 0.05) is 24.4 Å². The first-order chi connectivity index (χ1) is 8.24. The fourth-order valence-corrected chi connectivity index (χ4v) is 3.29. The van der Waals surface area contributed by atoms with Crippen LogP contribution in [0.2, 0.25) is 0 Å². The second-order valence-electron chi connectivity index (χ2n) is 4.02. The van der Waals surface area contributed by atoms with Crippen molar-refractivity contribution in [3.8, 4) is 0 Å². The van der Waals surface area contributed by atoms with Crippen LogP contribution < -0.4 is 0 Å².